The maximum absolute atomic E-state index is 11.6. The van der Waals surface area contributed by atoms with Gasteiger partial charge in [-0.15, -0.1) is 0 Å². The minimum atomic E-state index is -1.77. The van der Waals surface area contributed by atoms with E-state index in [0.29, 0.717) is 0 Å². The zero-order valence-electron chi connectivity index (χ0n) is 12.1. The van der Waals surface area contributed by atoms with E-state index in [0.717, 1.165) is 6.07 Å². The fourth-order valence-electron chi connectivity index (χ4n) is 2.03. The van der Waals surface area contributed by atoms with Crippen LogP contribution >= 0.6 is 0 Å². The molecule has 0 aliphatic carbocycles. The summed E-state index contributed by atoms with van der Waals surface area (Å²) < 4.78 is 14.1. The molecule has 1 aromatic carbocycles. The molecular formula is C13H15NO10. The van der Waals surface area contributed by atoms with Crippen LogP contribution in [0.5, 0.6) is 5.75 Å². The molecule has 0 spiro atoms. The topological polar surface area (TPSA) is 169 Å². The maximum Gasteiger partial charge on any atom is 0.514 e. The second-order valence-electron chi connectivity index (χ2n) is 4.92. The molecule has 0 saturated carbocycles. The molecule has 1 heterocycles. The van der Waals surface area contributed by atoms with Gasteiger partial charge in [-0.05, 0) is 6.07 Å². The van der Waals surface area contributed by atoms with E-state index in [9.17, 15) is 35.3 Å². The molecule has 2 rings (SSSR count). The van der Waals surface area contributed by atoms with Crippen LogP contribution in [-0.2, 0) is 9.47 Å². The van der Waals surface area contributed by atoms with Gasteiger partial charge in [0.15, 0.2) is 6.29 Å². The van der Waals surface area contributed by atoms with Gasteiger partial charge >= 0.3 is 11.8 Å². The predicted molar refractivity (Wildman–Crippen MR) is 74.0 cm³/mol. The Morgan fingerprint density at radius 1 is 1.17 bits per heavy atom. The first-order valence-electron chi connectivity index (χ1n) is 6.77. The Kier molecular flexibility index (Phi) is 5.64. The SMILES string of the molecule is O=C(OC[C@H]1O[C@H](O)[C@H](O)[C@@H](O)[C@@H]1O)Oc1ccccc1[N+](=O)[O-]. The highest BCUT2D eigenvalue weighted by Crippen LogP contribution is 2.26. The summed E-state index contributed by atoms with van der Waals surface area (Å²) in [6, 6.07) is 5.12. The Morgan fingerprint density at radius 3 is 2.50 bits per heavy atom. The molecular weight excluding hydrogens is 330 g/mol. The minimum absolute atomic E-state index is 0.340. The van der Waals surface area contributed by atoms with E-state index < -0.39 is 54.1 Å². The van der Waals surface area contributed by atoms with Crippen LogP contribution in [0.3, 0.4) is 0 Å². The first-order valence-corrected chi connectivity index (χ1v) is 6.77. The highest BCUT2D eigenvalue weighted by Gasteiger charge is 2.43. The molecule has 0 amide bonds. The third kappa shape index (κ3) is 3.96. The molecule has 1 aromatic rings. The first-order chi connectivity index (χ1) is 11.3. The number of hydrogen-bond donors (Lipinski definition) is 4. The van der Waals surface area contributed by atoms with E-state index in [1.807, 2.05) is 0 Å². The van der Waals surface area contributed by atoms with Crippen LogP contribution in [0.25, 0.3) is 0 Å². The summed E-state index contributed by atoms with van der Waals surface area (Å²) in [5.41, 5.74) is -0.447. The highest BCUT2D eigenvalue weighted by atomic mass is 16.7. The molecule has 0 bridgehead atoms. The molecule has 1 fully saturated rings. The van der Waals surface area contributed by atoms with Gasteiger partial charge in [-0.3, -0.25) is 10.1 Å². The lowest BCUT2D eigenvalue weighted by Crippen LogP contribution is -2.58. The van der Waals surface area contributed by atoms with Crippen molar-refractivity contribution in [3.8, 4) is 5.75 Å². The molecule has 11 nitrogen and oxygen atoms in total. The lowest BCUT2D eigenvalue weighted by molar-refractivity contribution is -0.385. The van der Waals surface area contributed by atoms with Gasteiger partial charge in [-0.25, -0.2) is 4.79 Å². The number of nitro groups is 1. The number of nitro benzene ring substituents is 1. The van der Waals surface area contributed by atoms with Crippen molar-refractivity contribution in [1.29, 1.82) is 0 Å². The van der Waals surface area contributed by atoms with E-state index in [4.69, 9.17) is 9.47 Å². The van der Waals surface area contributed by atoms with Gasteiger partial charge in [0.1, 0.15) is 31.0 Å². The lowest BCUT2D eigenvalue weighted by atomic mass is 9.99. The van der Waals surface area contributed by atoms with Crippen molar-refractivity contribution < 1.29 is 44.4 Å². The van der Waals surface area contributed by atoms with Gasteiger partial charge in [0.2, 0.25) is 5.75 Å². The molecule has 4 N–H and O–H groups in total. The standard InChI is InChI=1S/C13H15NO10/c15-9-8(23-12(18)11(17)10(9)16)5-22-13(19)24-7-4-2-1-3-6(7)14(20)21/h1-4,8-12,15-18H,5H2/t8-,9-,10+,11-,12+/m1/s1. The molecule has 1 aliphatic heterocycles. The molecule has 5 atom stereocenters. The summed E-state index contributed by atoms with van der Waals surface area (Å²) in [4.78, 5) is 21.6. The number of aliphatic hydroxyl groups is 4. The number of hydrogen-bond acceptors (Lipinski definition) is 10. The Balaban J connectivity index is 1.93. The fraction of sp³-hybridized carbons (Fsp3) is 0.462. The van der Waals surface area contributed by atoms with Crippen molar-refractivity contribution in [2.75, 3.05) is 6.61 Å². The summed E-state index contributed by atoms with van der Waals surface area (Å²) in [6.07, 6.45) is -9.44. The van der Waals surface area contributed by atoms with E-state index in [2.05, 4.69) is 4.74 Å². The second-order valence-corrected chi connectivity index (χ2v) is 4.92. The summed E-state index contributed by atoms with van der Waals surface area (Å²) in [7, 11) is 0. The highest BCUT2D eigenvalue weighted by molar-refractivity contribution is 5.66. The second kappa shape index (κ2) is 7.51. The van der Waals surface area contributed by atoms with E-state index >= 15 is 0 Å². The normalized spacial score (nSPS) is 29.8. The van der Waals surface area contributed by atoms with E-state index in [-0.39, 0.29) is 5.75 Å². The zero-order valence-corrected chi connectivity index (χ0v) is 12.1. The van der Waals surface area contributed by atoms with Gasteiger partial charge in [0, 0.05) is 6.07 Å². The van der Waals surface area contributed by atoms with Crippen molar-refractivity contribution in [3.05, 3.63) is 34.4 Å². The van der Waals surface area contributed by atoms with Crippen LogP contribution in [-0.4, -0.2) is 68.8 Å². The van der Waals surface area contributed by atoms with Crippen LogP contribution in [0.1, 0.15) is 0 Å². The monoisotopic (exact) mass is 345 g/mol. The Morgan fingerprint density at radius 2 is 1.83 bits per heavy atom. The van der Waals surface area contributed by atoms with Crippen molar-refractivity contribution in [1.82, 2.24) is 0 Å². The number of aliphatic hydroxyl groups excluding tert-OH is 4. The minimum Gasteiger partial charge on any atom is -0.431 e. The maximum atomic E-state index is 11.6. The molecule has 0 aromatic heterocycles. The number of ether oxygens (including phenoxy) is 3. The van der Waals surface area contributed by atoms with Crippen molar-refractivity contribution >= 4 is 11.8 Å². The quantitative estimate of drug-likeness (QED) is 0.228. The Labute approximate surface area is 134 Å². The molecule has 1 aliphatic rings. The number of rotatable bonds is 4. The van der Waals surface area contributed by atoms with E-state index in [1.54, 1.807) is 0 Å². The number of benzene rings is 1. The van der Waals surface area contributed by atoms with Crippen molar-refractivity contribution in [2.45, 2.75) is 30.7 Å². The first kappa shape index (κ1) is 18.0. The lowest BCUT2D eigenvalue weighted by Gasteiger charge is -2.37. The van der Waals surface area contributed by atoms with Gasteiger partial charge in [-0.1, -0.05) is 12.1 Å². The van der Waals surface area contributed by atoms with Crippen molar-refractivity contribution in [3.63, 3.8) is 0 Å². The number of carbonyl (C=O) groups excluding carboxylic acids is 1. The number of para-hydroxylation sites is 2. The van der Waals surface area contributed by atoms with Gasteiger partial charge in [0.25, 0.3) is 0 Å². The van der Waals surface area contributed by atoms with Gasteiger partial charge in [-0.2, -0.15) is 0 Å². The molecule has 132 valence electrons. The van der Waals surface area contributed by atoms with Gasteiger partial charge in [0.05, 0.1) is 4.92 Å². The van der Waals surface area contributed by atoms with Crippen LogP contribution in [0.4, 0.5) is 10.5 Å². The Bertz CT molecular complexity index is 608. The summed E-state index contributed by atoms with van der Waals surface area (Å²) in [5.74, 6) is -0.340. The number of nitrogens with zero attached hydrogens (tertiary/aromatic N) is 1. The fourth-order valence-corrected chi connectivity index (χ4v) is 2.03. The van der Waals surface area contributed by atoms with E-state index in [1.165, 1.54) is 18.2 Å². The molecule has 0 radical (unpaired) electrons. The summed E-state index contributed by atoms with van der Waals surface area (Å²) >= 11 is 0. The molecule has 11 heteroatoms. The molecule has 1 saturated heterocycles. The van der Waals surface area contributed by atoms with Crippen LogP contribution in [0, 0.1) is 10.1 Å². The smallest absolute Gasteiger partial charge is 0.431 e. The average Bonchev–Trinajstić information content (AvgIpc) is 2.55. The van der Waals surface area contributed by atoms with Crippen LogP contribution < -0.4 is 4.74 Å². The third-order valence-electron chi connectivity index (χ3n) is 3.31. The zero-order chi connectivity index (χ0) is 17.9. The summed E-state index contributed by atoms with van der Waals surface area (Å²) in [5, 5.41) is 48.6. The predicted octanol–water partition coefficient (Wildman–Crippen LogP) is -1.09. The van der Waals surface area contributed by atoms with Crippen LogP contribution in [0.2, 0.25) is 0 Å². The van der Waals surface area contributed by atoms with Gasteiger partial charge < -0.3 is 34.6 Å². The van der Waals surface area contributed by atoms with Crippen molar-refractivity contribution in [2.24, 2.45) is 0 Å². The average molecular weight is 345 g/mol. The third-order valence-corrected chi connectivity index (χ3v) is 3.31. The summed E-state index contributed by atoms with van der Waals surface area (Å²) in [6.45, 7) is -0.624. The van der Waals surface area contributed by atoms with Crippen LogP contribution in [0.15, 0.2) is 24.3 Å². The molecule has 0 unspecified atom stereocenters. The number of carbonyl (C=O) groups is 1. The largest absolute Gasteiger partial charge is 0.514 e. The Hall–Kier alpha value is -2.31. The molecule has 24 heavy (non-hydrogen) atoms.